The second-order valence-electron chi connectivity index (χ2n) is 6.68. The number of aromatic nitrogens is 4. The van der Waals surface area contributed by atoms with Crippen molar-refractivity contribution < 1.29 is 9.53 Å². The number of rotatable bonds is 6. The second-order valence-corrected chi connectivity index (χ2v) is 7.51. The molecule has 8 nitrogen and oxygen atoms in total. The Morgan fingerprint density at radius 2 is 1.77 bits per heavy atom. The number of nitrogens with one attached hydrogen (secondary N) is 2. The van der Waals surface area contributed by atoms with Crippen molar-refractivity contribution in [3.63, 3.8) is 0 Å². The average Bonchev–Trinajstić information content (AvgIpc) is 3.44. The maximum atomic E-state index is 12.9. The van der Waals surface area contributed by atoms with Crippen molar-refractivity contribution in [1.82, 2.24) is 20.2 Å². The van der Waals surface area contributed by atoms with E-state index in [4.69, 9.17) is 4.74 Å². The fraction of sp³-hybridized carbons (Fsp3) is 0.143. The van der Waals surface area contributed by atoms with Crippen LogP contribution in [0.15, 0.2) is 54.0 Å². The Labute approximate surface area is 177 Å². The van der Waals surface area contributed by atoms with E-state index in [-0.39, 0.29) is 11.6 Å². The molecule has 0 unspecified atom stereocenters. The molecule has 0 aliphatic rings. The summed E-state index contributed by atoms with van der Waals surface area (Å²) in [5, 5.41) is 10.8. The lowest BCUT2D eigenvalue weighted by atomic mass is 10.1. The topological polar surface area (TPSA) is 96.0 Å². The molecule has 2 heterocycles. The fourth-order valence-corrected chi connectivity index (χ4v) is 3.38. The molecule has 0 bridgehead atoms. The Bertz CT molecular complexity index is 1140. The third kappa shape index (κ3) is 4.01. The number of methoxy groups -OCH3 is 1. The smallest absolute Gasteiger partial charge is 0.278 e. The predicted molar refractivity (Wildman–Crippen MR) is 118 cm³/mol. The monoisotopic (exact) mass is 420 g/mol. The third-order valence-electron chi connectivity index (χ3n) is 4.54. The Kier molecular flexibility index (Phi) is 5.44. The van der Waals surface area contributed by atoms with E-state index in [0.717, 1.165) is 22.6 Å². The standard InChI is InChI=1S/C21H20N6O2S/c1-27(2)15-8-4-14(5-9-15)19-23-17(13-6-10-16(29-3)11-7-13)18(24-19)20(28)25-21-26-22-12-30-21/h4-12H,1-3H3,(H,23,24)(H,25,26,28). The molecule has 0 saturated carbocycles. The zero-order chi connectivity index (χ0) is 21.1. The van der Waals surface area contributed by atoms with Crippen LogP contribution in [0, 0.1) is 0 Å². The van der Waals surface area contributed by atoms with Crippen molar-refractivity contribution in [1.29, 1.82) is 0 Å². The molecule has 1 amide bonds. The van der Waals surface area contributed by atoms with Crippen molar-refractivity contribution in [3.05, 3.63) is 59.7 Å². The number of nitrogens with zero attached hydrogens (tertiary/aromatic N) is 4. The number of anilines is 2. The summed E-state index contributed by atoms with van der Waals surface area (Å²) in [7, 11) is 5.58. The molecule has 0 radical (unpaired) electrons. The van der Waals surface area contributed by atoms with Gasteiger partial charge in [-0.3, -0.25) is 10.1 Å². The summed E-state index contributed by atoms with van der Waals surface area (Å²) in [6, 6.07) is 15.4. The first-order valence-electron chi connectivity index (χ1n) is 9.15. The van der Waals surface area contributed by atoms with Crippen LogP contribution in [-0.2, 0) is 0 Å². The van der Waals surface area contributed by atoms with Gasteiger partial charge in [0.15, 0.2) is 5.69 Å². The van der Waals surface area contributed by atoms with E-state index in [0.29, 0.717) is 16.6 Å². The number of aromatic amines is 1. The number of H-pyrrole nitrogens is 1. The lowest BCUT2D eigenvalue weighted by molar-refractivity contribution is 0.102. The first kappa shape index (κ1) is 19.6. The van der Waals surface area contributed by atoms with Crippen molar-refractivity contribution in [2.75, 3.05) is 31.4 Å². The number of hydrogen-bond donors (Lipinski definition) is 2. The van der Waals surface area contributed by atoms with Crippen LogP contribution in [0.1, 0.15) is 10.5 Å². The van der Waals surface area contributed by atoms with Gasteiger partial charge in [0, 0.05) is 30.9 Å². The van der Waals surface area contributed by atoms with Crippen molar-refractivity contribution in [3.8, 4) is 28.4 Å². The van der Waals surface area contributed by atoms with Gasteiger partial charge < -0.3 is 14.6 Å². The summed E-state index contributed by atoms with van der Waals surface area (Å²) in [6.07, 6.45) is 0. The van der Waals surface area contributed by atoms with Crippen LogP contribution < -0.4 is 15.0 Å². The van der Waals surface area contributed by atoms with Gasteiger partial charge in [-0.2, -0.15) is 0 Å². The molecule has 0 fully saturated rings. The highest BCUT2D eigenvalue weighted by Crippen LogP contribution is 2.29. The molecule has 9 heteroatoms. The lowest BCUT2D eigenvalue weighted by Gasteiger charge is -2.12. The molecule has 2 aromatic heterocycles. The maximum Gasteiger partial charge on any atom is 0.278 e. The lowest BCUT2D eigenvalue weighted by Crippen LogP contribution is -2.13. The van der Waals surface area contributed by atoms with Gasteiger partial charge in [-0.1, -0.05) is 11.3 Å². The summed E-state index contributed by atoms with van der Waals surface area (Å²) in [5.41, 5.74) is 5.23. The minimum atomic E-state index is -0.357. The van der Waals surface area contributed by atoms with Gasteiger partial charge >= 0.3 is 0 Å². The van der Waals surface area contributed by atoms with E-state index in [2.05, 4.69) is 25.5 Å². The summed E-state index contributed by atoms with van der Waals surface area (Å²) in [4.78, 5) is 22.9. The van der Waals surface area contributed by atoms with E-state index in [1.165, 1.54) is 11.3 Å². The van der Waals surface area contributed by atoms with Gasteiger partial charge in [-0.15, -0.1) is 10.2 Å². The highest BCUT2D eigenvalue weighted by atomic mass is 32.1. The van der Waals surface area contributed by atoms with Crippen LogP contribution in [0.25, 0.3) is 22.6 Å². The Morgan fingerprint density at radius 3 is 2.37 bits per heavy atom. The Balaban J connectivity index is 1.74. The van der Waals surface area contributed by atoms with Crippen molar-refractivity contribution in [2.45, 2.75) is 0 Å². The van der Waals surface area contributed by atoms with Gasteiger partial charge in [-0.25, -0.2) is 4.98 Å². The molecule has 30 heavy (non-hydrogen) atoms. The zero-order valence-corrected chi connectivity index (χ0v) is 17.5. The van der Waals surface area contributed by atoms with E-state index < -0.39 is 0 Å². The average molecular weight is 420 g/mol. The highest BCUT2D eigenvalue weighted by Gasteiger charge is 2.21. The third-order valence-corrected chi connectivity index (χ3v) is 5.14. The van der Waals surface area contributed by atoms with Gasteiger partial charge in [-0.05, 0) is 48.5 Å². The number of hydrogen-bond acceptors (Lipinski definition) is 7. The molecule has 0 aliphatic heterocycles. The van der Waals surface area contributed by atoms with E-state index in [1.807, 2.05) is 67.5 Å². The SMILES string of the molecule is COc1ccc(-c2[nH]c(-c3ccc(N(C)C)cc3)nc2C(=O)Nc2nncs2)cc1. The molecular formula is C21H20N6O2S. The molecular weight excluding hydrogens is 400 g/mol. The van der Waals surface area contributed by atoms with E-state index >= 15 is 0 Å². The van der Waals surface area contributed by atoms with Gasteiger partial charge in [0.2, 0.25) is 5.13 Å². The number of amides is 1. The summed E-state index contributed by atoms with van der Waals surface area (Å²) >= 11 is 1.25. The summed E-state index contributed by atoms with van der Waals surface area (Å²) in [6.45, 7) is 0. The number of carbonyl (C=O) groups excluding carboxylic acids is 1. The molecule has 0 atom stereocenters. The largest absolute Gasteiger partial charge is 0.497 e. The highest BCUT2D eigenvalue weighted by molar-refractivity contribution is 7.13. The van der Waals surface area contributed by atoms with Crippen LogP contribution in [0.4, 0.5) is 10.8 Å². The number of carbonyl (C=O) groups is 1. The molecule has 2 N–H and O–H groups in total. The molecule has 0 saturated heterocycles. The Hall–Kier alpha value is -3.72. The van der Waals surface area contributed by atoms with Gasteiger partial charge in [0.25, 0.3) is 5.91 Å². The maximum absolute atomic E-state index is 12.9. The van der Waals surface area contributed by atoms with Crippen LogP contribution in [-0.4, -0.2) is 47.3 Å². The summed E-state index contributed by atoms with van der Waals surface area (Å²) < 4.78 is 5.23. The van der Waals surface area contributed by atoms with E-state index in [9.17, 15) is 4.79 Å². The normalized spacial score (nSPS) is 10.6. The number of ether oxygens (including phenoxy) is 1. The quantitative estimate of drug-likeness (QED) is 0.491. The molecule has 4 rings (SSSR count). The molecule has 4 aromatic rings. The van der Waals surface area contributed by atoms with Gasteiger partial charge in [0.1, 0.15) is 17.1 Å². The predicted octanol–water partition coefficient (Wildman–Crippen LogP) is 3.92. The number of benzene rings is 2. The van der Waals surface area contributed by atoms with Crippen LogP contribution in [0.3, 0.4) is 0 Å². The van der Waals surface area contributed by atoms with Crippen molar-refractivity contribution in [2.24, 2.45) is 0 Å². The van der Waals surface area contributed by atoms with Gasteiger partial charge in [0.05, 0.1) is 12.8 Å². The van der Waals surface area contributed by atoms with Crippen molar-refractivity contribution >= 4 is 28.1 Å². The first-order valence-corrected chi connectivity index (χ1v) is 10.0. The zero-order valence-electron chi connectivity index (χ0n) is 16.7. The van der Waals surface area contributed by atoms with E-state index in [1.54, 1.807) is 12.6 Å². The van der Waals surface area contributed by atoms with Crippen LogP contribution >= 0.6 is 11.3 Å². The minimum absolute atomic E-state index is 0.280. The molecule has 152 valence electrons. The molecule has 0 spiro atoms. The first-order chi connectivity index (χ1) is 14.5. The summed E-state index contributed by atoms with van der Waals surface area (Å²) in [5.74, 6) is 0.983. The fourth-order valence-electron chi connectivity index (χ4n) is 2.94. The van der Waals surface area contributed by atoms with Crippen LogP contribution in [0.2, 0.25) is 0 Å². The Morgan fingerprint density at radius 1 is 1.07 bits per heavy atom. The second kappa shape index (κ2) is 8.34. The molecule has 0 aliphatic carbocycles. The minimum Gasteiger partial charge on any atom is -0.497 e. The molecule has 2 aromatic carbocycles. The number of imidazole rings is 1. The van der Waals surface area contributed by atoms with Crippen LogP contribution in [0.5, 0.6) is 5.75 Å².